The van der Waals surface area contributed by atoms with Gasteiger partial charge in [-0.2, -0.15) is 5.10 Å². The number of carbonyl (C=O) groups is 1. The minimum absolute atomic E-state index is 0.0131. The number of aromatic amines is 1. The quantitative estimate of drug-likeness (QED) is 0.721. The van der Waals surface area contributed by atoms with E-state index in [1.807, 2.05) is 18.2 Å². The van der Waals surface area contributed by atoms with E-state index >= 15 is 0 Å². The van der Waals surface area contributed by atoms with Crippen LogP contribution in [0.15, 0.2) is 54.6 Å². The predicted octanol–water partition coefficient (Wildman–Crippen LogP) is 4.38. The molecule has 1 heterocycles. The fourth-order valence-electron chi connectivity index (χ4n) is 3.65. The Hall–Kier alpha value is -2.88. The molecule has 0 radical (unpaired) electrons. The number of aromatic nitrogens is 2. The highest BCUT2D eigenvalue weighted by atomic mass is 16.2. The number of H-pyrrole nitrogens is 1. The van der Waals surface area contributed by atoms with Crippen LogP contribution in [0.4, 0.5) is 5.82 Å². The van der Waals surface area contributed by atoms with E-state index in [0.29, 0.717) is 5.82 Å². The highest BCUT2D eigenvalue weighted by Crippen LogP contribution is 2.28. The molecule has 4 nitrogen and oxygen atoms in total. The number of hydrogen-bond donors (Lipinski definition) is 2. The first-order valence-corrected chi connectivity index (χ1v) is 9.25. The summed E-state index contributed by atoms with van der Waals surface area (Å²) in [6.07, 6.45) is 3.84. The zero-order valence-electron chi connectivity index (χ0n) is 15.0. The molecule has 4 rings (SSSR count). The molecule has 1 amide bonds. The van der Waals surface area contributed by atoms with E-state index < -0.39 is 0 Å². The molecule has 3 aromatic rings. The second-order valence-corrected chi connectivity index (χ2v) is 6.98. The SMILES string of the molecule is CCCc1ccc(-c2cc(NC(=O)C3Cc4ccccc4C3)n[nH]2)cc1. The first-order chi connectivity index (χ1) is 12.7. The van der Waals surface area contributed by atoms with Crippen LogP contribution in [0.3, 0.4) is 0 Å². The Balaban J connectivity index is 1.41. The number of nitrogens with one attached hydrogen (secondary N) is 2. The maximum absolute atomic E-state index is 12.6. The average Bonchev–Trinajstić information content (AvgIpc) is 3.29. The van der Waals surface area contributed by atoms with Crippen molar-refractivity contribution in [1.82, 2.24) is 10.2 Å². The van der Waals surface area contributed by atoms with Crippen LogP contribution >= 0.6 is 0 Å². The van der Waals surface area contributed by atoms with Crippen molar-refractivity contribution in [1.29, 1.82) is 0 Å². The summed E-state index contributed by atoms with van der Waals surface area (Å²) in [6.45, 7) is 2.18. The summed E-state index contributed by atoms with van der Waals surface area (Å²) in [7, 11) is 0. The highest BCUT2D eigenvalue weighted by Gasteiger charge is 2.27. The van der Waals surface area contributed by atoms with Crippen molar-refractivity contribution in [2.24, 2.45) is 5.92 Å². The second kappa shape index (κ2) is 7.16. The van der Waals surface area contributed by atoms with Gasteiger partial charge in [0.15, 0.2) is 5.82 Å². The molecule has 0 saturated carbocycles. The molecular weight excluding hydrogens is 322 g/mol. The van der Waals surface area contributed by atoms with Gasteiger partial charge in [0.25, 0.3) is 0 Å². The summed E-state index contributed by atoms with van der Waals surface area (Å²) < 4.78 is 0. The van der Waals surface area contributed by atoms with Gasteiger partial charge in [-0.1, -0.05) is 61.9 Å². The van der Waals surface area contributed by atoms with Gasteiger partial charge >= 0.3 is 0 Å². The maximum Gasteiger partial charge on any atom is 0.229 e. The molecule has 2 aromatic carbocycles. The summed E-state index contributed by atoms with van der Waals surface area (Å²) in [5.41, 5.74) is 5.89. The van der Waals surface area contributed by atoms with E-state index in [-0.39, 0.29) is 11.8 Å². The molecule has 26 heavy (non-hydrogen) atoms. The molecular formula is C22H23N3O. The summed E-state index contributed by atoms with van der Waals surface area (Å²) in [5, 5.41) is 10.2. The van der Waals surface area contributed by atoms with Gasteiger partial charge in [0.05, 0.1) is 5.69 Å². The van der Waals surface area contributed by atoms with Crippen LogP contribution in [0, 0.1) is 5.92 Å². The van der Waals surface area contributed by atoms with E-state index in [4.69, 9.17) is 0 Å². The Morgan fingerprint density at radius 1 is 1.12 bits per heavy atom. The molecule has 0 spiro atoms. The molecule has 0 aliphatic heterocycles. The van der Waals surface area contributed by atoms with Crippen LogP contribution in [0.25, 0.3) is 11.3 Å². The summed E-state index contributed by atoms with van der Waals surface area (Å²) in [4.78, 5) is 12.6. The molecule has 1 aliphatic rings. The Morgan fingerprint density at radius 3 is 2.46 bits per heavy atom. The van der Waals surface area contributed by atoms with Gasteiger partial charge in [-0.15, -0.1) is 0 Å². The standard InChI is InChI=1S/C22H23N3O/c1-2-5-15-8-10-16(11-9-15)20-14-21(25-24-20)23-22(26)19-12-17-6-3-4-7-18(17)13-19/h3-4,6-11,14,19H,2,5,12-13H2,1H3,(H2,23,24,25,26). The van der Waals surface area contributed by atoms with Gasteiger partial charge in [-0.25, -0.2) is 0 Å². The fourth-order valence-corrected chi connectivity index (χ4v) is 3.65. The van der Waals surface area contributed by atoms with Gasteiger partial charge < -0.3 is 5.32 Å². The van der Waals surface area contributed by atoms with Crippen molar-refractivity contribution in [2.45, 2.75) is 32.6 Å². The molecule has 132 valence electrons. The van der Waals surface area contributed by atoms with Crippen molar-refractivity contribution in [3.8, 4) is 11.3 Å². The van der Waals surface area contributed by atoms with Gasteiger partial charge in [-0.05, 0) is 41.5 Å². The normalized spacial score (nSPS) is 13.6. The van der Waals surface area contributed by atoms with E-state index in [9.17, 15) is 4.79 Å². The molecule has 0 saturated heterocycles. The predicted molar refractivity (Wildman–Crippen MR) is 104 cm³/mol. The van der Waals surface area contributed by atoms with E-state index in [1.54, 1.807) is 0 Å². The van der Waals surface area contributed by atoms with Crippen molar-refractivity contribution >= 4 is 11.7 Å². The molecule has 0 unspecified atom stereocenters. The van der Waals surface area contributed by atoms with Crippen molar-refractivity contribution in [3.05, 3.63) is 71.3 Å². The van der Waals surface area contributed by atoms with E-state index in [2.05, 4.69) is 58.8 Å². The lowest BCUT2D eigenvalue weighted by atomic mass is 10.1. The van der Waals surface area contributed by atoms with Crippen molar-refractivity contribution < 1.29 is 4.79 Å². The van der Waals surface area contributed by atoms with Crippen molar-refractivity contribution in [3.63, 3.8) is 0 Å². The Labute approximate surface area is 153 Å². The molecule has 1 aliphatic carbocycles. The van der Waals surface area contributed by atoms with Gasteiger partial charge in [0.1, 0.15) is 0 Å². The average molecular weight is 345 g/mol. The highest BCUT2D eigenvalue weighted by molar-refractivity contribution is 5.93. The van der Waals surface area contributed by atoms with Crippen LogP contribution in [-0.2, 0) is 24.1 Å². The monoisotopic (exact) mass is 345 g/mol. The van der Waals surface area contributed by atoms with Gasteiger partial charge in [0.2, 0.25) is 5.91 Å². The number of hydrogen-bond acceptors (Lipinski definition) is 2. The lowest BCUT2D eigenvalue weighted by Gasteiger charge is -2.07. The Bertz CT molecular complexity index is 886. The fraction of sp³-hybridized carbons (Fsp3) is 0.273. The number of rotatable bonds is 5. The van der Waals surface area contributed by atoms with E-state index in [0.717, 1.165) is 36.9 Å². The lowest BCUT2D eigenvalue weighted by Crippen LogP contribution is -2.23. The Kier molecular flexibility index (Phi) is 4.57. The third kappa shape index (κ3) is 3.40. The summed E-state index contributed by atoms with van der Waals surface area (Å²) in [5.74, 6) is 0.608. The second-order valence-electron chi connectivity index (χ2n) is 6.98. The smallest absolute Gasteiger partial charge is 0.229 e. The zero-order chi connectivity index (χ0) is 17.9. The largest absolute Gasteiger partial charge is 0.309 e. The van der Waals surface area contributed by atoms with Crippen LogP contribution in [-0.4, -0.2) is 16.1 Å². The first-order valence-electron chi connectivity index (χ1n) is 9.25. The number of fused-ring (bicyclic) bond motifs is 1. The molecule has 4 heteroatoms. The number of amides is 1. The summed E-state index contributed by atoms with van der Waals surface area (Å²) in [6, 6.07) is 18.7. The molecule has 2 N–H and O–H groups in total. The first kappa shape index (κ1) is 16.6. The Morgan fingerprint density at radius 2 is 1.81 bits per heavy atom. The maximum atomic E-state index is 12.6. The number of carbonyl (C=O) groups excluding carboxylic acids is 1. The minimum Gasteiger partial charge on any atom is -0.309 e. The topological polar surface area (TPSA) is 57.8 Å². The minimum atomic E-state index is -0.0131. The van der Waals surface area contributed by atoms with Gasteiger partial charge in [0, 0.05) is 12.0 Å². The van der Waals surface area contributed by atoms with Gasteiger partial charge in [-0.3, -0.25) is 9.89 Å². The van der Waals surface area contributed by atoms with Crippen LogP contribution in [0.2, 0.25) is 0 Å². The number of anilines is 1. The number of aryl methyl sites for hydroxylation is 1. The van der Waals surface area contributed by atoms with E-state index in [1.165, 1.54) is 16.7 Å². The number of nitrogens with zero attached hydrogens (tertiary/aromatic N) is 1. The van der Waals surface area contributed by atoms with Crippen LogP contribution < -0.4 is 5.32 Å². The summed E-state index contributed by atoms with van der Waals surface area (Å²) >= 11 is 0. The third-order valence-electron chi connectivity index (χ3n) is 5.05. The third-order valence-corrected chi connectivity index (χ3v) is 5.05. The molecule has 1 aromatic heterocycles. The zero-order valence-corrected chi connectivity index (χ0v) is 15.0. The van der Waals surface area contributed by atoms with Crippen LogP contribution in [0.1, 0.15) is 30.0 Å². The van der Waals surface area contributed by atoms with Crippen LogP contribution in [0.5, 0.6) is 0 Å². The lowest BCUT2D eigenvalue weighted by molar-refractivity contribution is -0.119. The number of benzene rings is 2. The van der Waals surface area contributed by atoms with Crippen molar-refractivity contribution in [2.75, 3.05) is 5.32 Å². The molecule has 0 atom stereocenters. The molecule has 0 fully saturated rings. The molecule has 0 bridgehead atoms.